The molecular formula is C28H31NO8. The Kier molecular flexibility index (Phi) is 7.61. The van der Waals surface area contributed by atoms with Crippen LogP contribution in [0, 0.1) is 31.6 Å². The van der Waals surface area contributed by atoms with Crippen LogP contribution in [0.5, 0.6) is 0 Å². The van der Waals surface area contributed by atoms with Crippen LogP contribution in [0.15, 0.2) is 24.3 Å². The number of carbonyl (C=O) groups excluding carboxylic acids is 5. The van der Waals surface area contributed by atoms with E-state index in [1.165, 1.54) is 20.3 Å². The number of aromatic nitrogens is 1. The van der Waals surface area contributed by atoms with Crippen molar-refractivity contribution in [2.75, 3.05) is 20.8 Å². The summed E-state index contributed by atoms with van der Waals surface area (Å²) < 4.78 is 16.8. The molecule has 0 N–H and O–H groups in total. The molecule has 1 heterocycles. The first-order valence-electron chi connectivity index (χ1n) is 12.4. The third kappa shape index (κ3) is 5.21. The van der Waals surface area contributed by atoms with Crippen LogP contribution < -0.4 is 0 Å². The third-order valence-corrected chi connectivity index (χ3v) is 7.48. The van der Waals surface area contributed by atoms with Crippen molar-refractivity contribution in [1.82, 2.24) is 4.57 Å². The molecule has 1 aromatic heterocycles. The highest BCUT2D eigenvalue weighted by atomic mass is 16.5. The van der Waals surface area contributed by atoms with E-state index in [2.05, 4.69) is 0 Å². The fourth-order valence-corrected chi connectivity index (χ4v) is 5.66. The maximum Gasteiger partial charge on any atom is 0.337 e. The van der Waals surface area contributed by atoms with Crippen LogP contribution in [0.1, 0.15) is 74.6 Å². The Hall–Kier alpha value is -3.75. The number of nitrogens with zero attached hydrogens (tertiary/aromatic N) is 1. The number of ketones is 2. The van der Waals surface area contributed by atoms with Gasteiger partial charge < -0.3 is 18.8 Å². The van der Waals surface area contributed by atoms with Gasteiger partial charge in [-0.2, -0.15) is 0 Å². The summed E-state index contributed by atoms with van der Waals surface area (Å²) in [6.07, 6.45) is 3.64. The number of hydrogen-bond acceptors (Lipinski definition) is 8. The molecule has 2 atom stereocenters. The van der Waals surface area contributed by atoms with Crippen molar-refractivity contribution in [3.05, 3.63) is 52.3 Å². The third-order valence-electron chi connectivity index (χ3n) is 7.48. The molecule has 0 spiro atoms. The second-order valence-electron chi connectivity index (χ2n) is 9.80. The van der Waals surface area contributed by atoms with Gasteiger partial charge in [-0.15, -0.1) is 0 Å². The molecule has 2 bridgehead atoms. The van der Waals surface area contributed by atoms with E-state index in [9.17, 15) is 24.0 Å². The van der Waals surface area contributed by atoms with Crippen molar-refractivity contribution in [1.29, 1.82) is 0 Å². The lowest BCUT2D eigenvalue weighted by molar-refractivity contribution is -0.152. The molecule has 9 nitrogen and oxygen atoms in total. The Bertz CT molecular complexity index is 1220. The molecule has 196 valence electrons. The molecule has 4 rings (SSSR count). The number of carbonyl (C=O) groups is 5. The maximum atomic E-state index is 13.0. The van der Waals surface area contributed by atoms with Gasteiger partial charge >= 0.3 is 17.9 Å². The zero-order chi connectivity index (χ0) is 26.9. The lowest BCUT2D eigenvalue weighted by Gasteiger charge is -2.36. The Balaban J connectivity index is 1.53. The van der Waals surface area contributed by atoms with E-state index in [-0.39, 0.29) is 40.4 Å². The van der Waals surface area contributed by atoms with E-state index in [1.807, 2.05) is 0 Å². The zero-order valence-electron chi connectivity index (χ0n) is 21.5. The molecule has 2 aliphatic carbocycles. The van der Waals surface area contributed by atoms with E-state index >= 15 is 0 Å². The predicted molar refractivity (Wildman–Crippen MR) is 132 cm³/mol. The molecule has 2 saturated carbocycles. The van der Waals surface area contributed by atoms with Crippen molar-refractivity contribution >= 4 is 29.5 Å². The molecule has 37 heavy (non-hydrogen) atoms. The Morgan fingerprint density at radius 2 is 1.46 bits per heavy atom. The van der Waals surface area contributed by atoms with Crippen LogP contribution in [0.25, 0.3) is 5.69 Å². The SMILES string of the molecule is COC(=O)c1cc(C(=O)OC)cc(-n2c(C)cc(C(=O)COC(=O)C3C[C@@H]4CCC[C@@H](C3)C4=O)c2C)c1. The molecule has 9 heteroatoms. The molecular weight excluding hydrogens is 478 g/mol. The van der Waals surface area contributed by atoms with Crippen LogP contribution in [0.4, 0.5) is 0 Å². The quantitative estimate of drug-likeness (QED) is 0.314. The predicted octanol–water partition coefficient (Wildman–Crippen LogP) is 3.79. The molecule has 2 aliphatic rings. The van der Waals surface area contributed by atoms with Crippen LogP contribution in [0.3, 0.4) is 0 Å². The molecule has 0 amide bonds. The summed E-state index contributed by atoms with van der Waals surface area (Å²) >= 11 is 0. The van der Waals surface area contributed by atoms with Crippen LogP contribution in [-0.4, -0.2) is 54.9 Å². The maximum absolute atomic E-state index is 13.0. The normalized spacial score (nSPS) is 20.8. The van der Waals surface area contributed by atoms with Crippen molar-refractivity contribution in [3.8, 4) is 5.69 Å². The molecule has 1 aromatic carbocycles. The van der Waals surface area contributed by atoms with E-state index in [1.54, 1.807) is 36.6 Å². The van der Waals surface area contributed by atoms with Gasteiger partial charge in [-0.3, -0.25) is 14.4 Å². The average Bonchev–Trinajstić information content (AvgIpc) is 3.19. The van der Waals surface area contributed by atoms with Crippen LogP contribution in [0.2, 0.25) is 0 Å². The molecule has 2 fully saturated rings. The van der Waals surface area contributed by atoms with Gasteiger partial charge in [0.1, 0.15) is 5.78 Å². The Morgan fingerprint density at radius 1 is 0.892 bits per heavy atom. The summed E-state index contributed by atoms with van der Waals surface area (Å²) in [5.74, 6) is -2.27. The van der Waals surface area contributed by atoms with Crippen molar-refractivity contribution in [3.63, 3.8) is 0 Å². The van der Waals surface area contributed by atoms with E-state index in [0.29, 0.717) is 35.5 Å². The number of esters is 3. The largest absolute Gasteiger partial charge is 0.465 e. The minimum atomic E-state index is -0.619. The Morgan fingerprint density at radius 3 is 2.00 bits per heavy atom. The highest BCUT2D eigenvalue weighted by molar-refractivity contribution is 6.00. The number of ether oxygens (including phenoxy) is 3. The van der Waals surface area contributed by atoms with Crippen LogP contribution >= 0.6 is 0 Å². The zero-order valence-corrected chi connectivity index (χ0v) is 21.5. The van der Waals surface area contributed by atoms with E-state index < -0.39 is 24.5 Å². The first kappa shape index (κ1) is 26.3. The summed E-state index contributed by atoms with van der Waals surface area (Å²) in [6.45, 7) is 3.12. The minimum Gasteiger partial charge on any atom is -0.465 e. The van der Waals surface area contributed by atoms with Crippen LogP contribution in [-0.2, 0) is 23.8 Å². The fourth-order valence-electron chi connectivity index (χ4n) is 5.66. The van der Waals surface area contributed by atoms with E-state index in [4.69, 9.17) is 14.2 Å². The van der Waals surface area contributed by atoms with Gasteiger partial charge in [0, 0.05) is 34.5 Å². The first-order valence-corrected chi connectivity index (χ1v) is 12.4. The average molecular weight is 510 g/mol. The number of benzene rings is 1. The lowest BCUT2D eigenvalue weighted by Crippen LogP contribution is -2.39. The molecule has 0 saturated heterocycles. The van der Waals surface area contributed by atoms with Gasteiger partial charge in [0.2, 0.25) is 5.78 Å². The minimum absolute atomic E-state index is 0.0738. The van der Waals surface area contributed by atoms with Crippen molar-refractivity contribution < 1.29 is 38.2 Å². The topological polar surface area (TPSA) is 118 Å². The number of aryl methyl sites for hydroxylation is 1. The highest BCUT2D eigenvalue weighted by Crippen LogP contribution is 2.40. The number of Topliss-reactive ketones (excluding diaryl/α,β-unsaturated/α-hetero) is 2. The second kappa shape index (κ2) is 10.7. The second-order valence-corrected chi connectivity index (χ2v) is 9.80. The van der Waals surface area contributed by atoms with Gasteiger partial charge in [0.05, 0.1) is 31.3 Å². The number of hydrogen-bond donors (Lipinski definition) is 0. The molecule has 2 aromatic rings. The summed E-state index contributed by atoms with van der Waals surface area (Å²) in [6, 6.07) is 6.19. The fraction of sp³-hybridized carbons (Fsp3) is 0.464. The molecule has 0 unspecified atom stereocenters. The van der Waals surface area contributed by atoms with E-state index in [0.717, 1.165) is 19.3 Å². The number of rotatable bonds is 7. The van der Waals surface area contributed by atoms with Gasteiger partial charge in [0.15, 0.2) is 6.61 Å². The van der Waals surface area contributed by atoms with Gasteiger partial charge in [-0.1, -0.05) is 6.42 Å². The monoisotopic (exact) mass is 509 g/mol. The summed E-state index contributed by atoms with van der Waals surface area (Å²) in [5.41, 5.74) is 2.41. The Labute approximate surface area is 215 Å². The lowest BCUT2D eigenvalue weighted by atomic mass is 9.67. The van der Waals surface area contributed by atoms with Crippen molar-refractivity contribution in [2.45, 2.75) is 46.0 Å². The smallest absolute Gasteiger partial charge is 0.337 e. The van der Waals surface area contributed by atoms with Gasteiger partial charge in [0.25, 0.3) is 0 Å². The molecule has 0 radical (unpaired) electrons. The standard InChI is InChI=1S/C28H31NO8/c1-15-8-23(24(30)14-37-28(34)19-9-17-6-5-7-18(10-19)25(17)31)16(2)29(15)22-12-20(26(32)35-3)11-21(13-22)27(33)36-4/h8,11-13,17-19H,5-7,9-10,14H2,1-4H3/t17-,18-/m0/s1. The number of methoxy groups -OCH3 is 2. The first-order chi connectivity index (χ1) is 17.6. The van der Waals surface area contributed by atoms with Gasteiger partial charge in [-0.05, 0) is 63.8 Å². The number of fused-ring (bicyclic) bond motifs is 2. The summed E-state index contributed by atoms with van der Waals surface area (Å²) in [5, 5.41) is 0. The summed E-state index contributed by atoms with van der Waals surface area (Å²) in [7, 11) is 2.49. The van der Waals surface area contributed by atoms with Gasteiger partial charge in [-0.25, -0.2) is 9.59 Å². The highest BCUT2D eigenvalue weighted by Gasteiger charge is 2.42. The summed E-state index contributed by atoms with van der Waals surface area (Å²) in [4.78, 5) is 62.5. The molecule has 0 aliphatic heterocycles. The van der Waals surface area contributed by atoms with Crippen molar-refractivity contribution in [2.24, 2.45) is 17.8 Å².